The van der Waals surface area contributed by atoms with Crippen LogP contribution in [0, 0.1) is 0 Å². The highest BCUT2D eigenvalue weighted by molar-refractivity contribution is 7.07. The van der Waals surface area contributed by atoms with E-state index in [9.17, 15) is 4.79 Å². The first-order valence-electron chi connectivity index (χ1n) is 8.40. The Bertz CT molecular complexity index is 675. The third-order valence-corrected chi connectivity index (χ3v) is 5.31. The SMILES string of the molecule is O=C(NC[C@@H](c1ccsc1)N1CCOCC1)c1cc(C2CC2)on1. The number of aromatic nitrogens is 1. The molecule has 3 heterocycles. The molecule has 1 saturated heterocycles. The van der Waals surface area contributed by atoms with Crippen LogP contribution in [0.1, 0.15) is 46.6 Å². The van der Waals surface area contributed by atoms with Crippen LogP contribution in [0.3, 0.4) is 0 Å². The molecule has 128 valence electrons. The lowest BCUT2D eigenvalue weighted by atomic mass is 10.1. The largest absolute Gasteiger partial charge is 0.379 e. The molecule has 24 heavy (non-hydrogen) atoms. The molecule has 1 atom stereocenters. The lowest BCUT2D eigenvalue weighted by Crippen LogP contribution is -2.43. The zero-order chi connectivity index (χ0) is 16.4. The predicted molar refractivity (Wildman–Crippen MR) is 90.3 cm³/mol. The summed E-state index contributed by atoms with van der Waals surface area (Å²) >= 11 is 1.68. The maximum atomic E-state index is 12.4. The second-order valence-electron chi connectivity index (χ2n) is 6.32. The second-order valence-corrected chi connectivity index (χ2v) is 7.10. The van der Waals surface area contributed by atoms with E-state index in [1.54, 1.807) is 17.4 Å². The van der Waals surface area contributed by atoms with E-state index >= 15 is 0 Å². The molecule has 1 aliphatic carbocycles. The van der Waals surface area contributed by atoms with Crippen molar-refractivity contribution in [2.45, 2.75) is 24.8 Å². The number of amides is 1. The number of hydrogen-bond donors (Lipinski definition) is 1. The number of rotatable bonds is 6. The number of ether oxygens (including phenoxy) is 1. The molecule has 2 aromatic rings. The molecule has 0 bridgehead atoms. The van der Waals surface area contributed by atoms with Crippen molar-refractivity contribution < 1.29 is 14.1 Å². The molecule has 2 aliphatic rings. The van der Waals surface area contributed by atoms with Crippen molar-refractivity contribution in [3.8, 4) is 0 Å². The van der Waals surface area contributed by atoms with Gasteiger partial charge in [0, 0.05) is 31.6 Å². The third kappa shape index (κ3) is 3.53. The van der Waals surface area contributed by atoms with Gasteiger partial charge in [-0.15, -0.1) is 0 Å². The van der Waals surface area contributed by atoms with Crippen LogP contribution >= 0.6 is 11.3 Å². The van der Waals surface area contributed by atoms with E-state index in [2.05, 4.69) is 32.2 Å². The van der Waals surface area contributed by atoms with Crippen LogP contribution in [0.15, 0.2) is 27.4 Å². The predicted octanol–water partition coefficient (Wildman–Crippen LogP) is 2.42. The molecule has 0 unspecified atom stereocenters. The molecule has 0 spiro atoms. The van der Waals surface area contributed by atoms with Gasteiger partial charge in [0.2, 0.25) is 0 Å². The van der Waals surface area contributed by atoms with Crippen LogP contribution in [0.4, 0.5) is 0 Å². The molecule has 0 radical (unpaired) electrons. The number of hydrogen-bond acceptors (Lipinski definition) is 6. The molecule has 1 amide bonds. The summed E-state index contributed by atoms with van der Waals surface area (Å²) in [5, 5.41) is 11.1. The summed E-state index contributed by atoms with van der Waals surface area (Å²) in [6.07, 6.45) is 2.26. The monoisotopic (exact) mass is 347 g/mol. The second kappa shape index (κ2) is 7.04. The zero-order valence-corrected chi connectivity index (χ0v) is 14.3. The van der Waals surface area contributed by atoms with Crippen molar-refractivity contribution in [3.05, 3.63) is 39.9 Å². The summed E-state index contributed by atoms with van der Waals surface area (Å²) in [4.78, 5) is 14.7. The van der Waals surface area contributed by atoms with E-state index in [4.69, 9.17) is 9.26 Å². The number of carbonyl (C=O) groups is 1. The van der Waals surface area contributed by atoms with Crippen molar-refractivity contribution in [3.63, 3.8) is 0 Å². The van der Waals surface area contributed by atoms with Crippen molar-refractivity contribution in [1.82, 2.24) is 15.4 Å². The Balaban J connectivity index is 1.41. The van der Waals surface area contributed by atoms with Gasteiger partial charge in [-0.25, -0.2) is 0 Å². The minimum Gasteiger partial charge on any atom is -0.379 e. The van der Waals surface area contributed by atoms with E-state index in [1.165, 1.54) is 5.56 Å². The number of thiophene rings is 1. The van der Waals surface area contributed by atoms with Crippen LogP contribution in [-0.2, 0) is 4.74 Å². The van der Waals surface area contributed by atoms with Gasteiger partial charge >= 0.3 is 0 Å². The van der Waals surface area contributed by atoms with Gasteiger partial charge < -0.3 is 14.6 Å². The van der Waals surface area contributed by atoms with Gasteiger partial charge in [-0.3, -0.25) is 9.69 Å². The maximum absolute atomic E-state index is 12.4. The third-order valence-electron chi connectivity index (χ3n) is 4.61. The van der Waals surface area contributed by atoms with E-state index in [-0.39, 0.29) is 11.9 Å². The van der Waals surface area contributed by atoms with E-state index in [1.807, 2.05) is 0 Å². The van der Waals surface area contributed by atoms with E-state index in [0.29, 0.717) is 18.2 Å². The van der Waals surface area contributed by atoms with Gasteiger partial charge in [0.1, 0.15) is 5.76 Å². The minimum atomic E-state index is -0.167. The minimum absolute atomic E-state index is 0.166. The van der Waals surface area contributed by atoms with Crippen molar-refractivity contribution in [1.29, 1.82) is 0 Å². The van der Waals surface area contributed by atoms with Crippen molar-refractivity contribution in [2.24, 2.45) is 0 Å². The summed E-state index contributed by atoms with van der Waals surface area (Å²) in [5.74, 6) is 1.13. The van der Waals surface area contributed by atoms with Crippen LogP contribution in [0.25, 0.3) is 0 Å². The molecule has 1 saturated carbocycles. The molecule has 6 nitrogen and oxygen atoms in total. The van der Waals surface area contributed by atoms with Crippen LogP contribution in [0.5, 0.6) is 0 Å². The zero-order valence-electron chi connectivity index (χ0n) is 13.4. The standard InChI is InChI=1S/C17H21N3O3S/c21-17(14-9-16(23-19-14)12-1-2-12)18-10-15(13-3-8-24-11-13)20-4-6-22-7-5-20/h3,8-9,11-12,15H,1-2,4-7,10H2,(H,18,21)/t15-/m0/s1. The quantitative estimate of drug-likeness (QED) is 0.869. The fraction of sp³-hybridized carbons (Fsp3) is 0.529. The van der Waals surface area contributed by atoms with Crippen molar-refractivity contribution in [2.75, 3.05) is 32.8 Å². The Morgan fingerprint density at radius 1 is 1.42 bits per heavy atom. The molecule has 2 fully saturated rings. The highest BCUT2D eigenvalue weighted by Crippen LogP contribution is 2.40. The normalized spacial score (nSPS) is 20.0. The molecule has 4 rings (SSSR count). The smallest absolute Gasteiger partial charge is 0.273 e. The van der Waals surface area contributed by atoms with Crippen LogP contribution < -0.4 is 5.32 Å². The highest BCUT2D eigenvalue weighted by Gasteiger charge is 2.29. The number of morpholine rings is 1. The average molecular weight is 347 g/mol. The number of carbonyl (C=O) groups excluding carboxylic acids is 1. The molecular formula is C17H21N3O3S. The lowest BCUT2D eigenvalue weighted by molar-refractivity contribution is 0.0163. The molecule has 1 aliphatic heterocycles. The maximum Gasteiger partial charge on any atom is 0.273 e. The van der Waals surface area contributed by atoms with Gasteiger partial charge in [-0.1, -0.05) is 5.16 Å². The fourth-order valence-electron chi connectivity index (χ4n) is 3.05. The molecule has 7 heteroatoms. The van der Waals surface area contributed by atoms with Crippen LogP contribution in [0.2, 0.25) is 0 Å². The molecular weight excluding hydrogens is 326 g/mol. The van der Waals surface area contributed by atoms with Crippen molar-refractivity contribution >= 4 is 17.2 Å². The number of nitrogens with zero attached hydrogens (tertiary/aromatic N) is 2. The lowest BCUT2D eigenvalue weighted by Gasteiger charge is -2.34. The van der Waals surface area contributed by atoms with Gasteiger partial charge in [-0.2, -0.15) is 11.3 Å². The summed E-state index contributed by atoms with van der Waals surface area (Å²) in [6.45, 7) is 3.80. The summed E-state index contributed by atoms with van der Waals surface area (Å²) in [5.41, 5.74) is 1.61. The van der Waals surface area contributed by atoms with E-state index in [0.717, 1.165) is 44.9 Å². The summed E-state index contributed by atoms with van der Waals surface area (Å²) < 4.78 is 10.7. The number of nitrogens with one attached hydrogen (secondary N) is 1. The Morgan fingerprint density at radius 2 is 2.25 bits per heavy atom. The fourth-order valence-corrected chi connectivity index (χ4v) is 3.76. The van der Waals surface area contributed by atoms with Gasteiger partial charge in [-0.05, 0) is 35.2 Å². The van der Waals surface area contributed by atoms with Gasteiger partial charge in [0.25, 0.3) is 5.91 Å². The van der Waals surface area contributed by atoms with Crippen LogP contribution in [-0.4, -0.2) is 48.8 Å². The topological polar surface area (TPSA) is 67.6 Å². The Kier molecular flexibility index (Phi) is 4.64. The first kappa shape index (κ1) is 15.8. The average Bonchev–Trinajstić information content (AvgIpc) is 3.12. The molecule has 2 aromatic heterocycles. The van der Waals surface area contributed by atoms with E-state index < -0.39 is 0 Å². The molecule has 1 N–H and O–H groups in total. The Labute approximate surface area is 144 Å². The first-order chi connectivity index (χ1) is 11.8. The summed E-state index contributed by atoms with van der Waals surface area (Å²) in [6, 6.07) is 4.07. The molecule has 0 aromatic carbocycles. The summed E-state index contributed by atoms with van der Waals surface area (Å²) in [7, 11) is 0. The first-order valence-corrected chi connectivity index (χ1v) is 9.34. The van der Waals surface area contributed by atoms with Gasteiger partial charge in [0.15, 0.2) is 5.69 Å². The Hall–Kier alpha value is -1.70. The van der Waals surface area contributed by atoms with Gasteiger partial charge in [0.05, 0.1) is 19.3 Å². The highest BCUT2D eigenvalue weighted by atomic mass is 32.1. The Morgan fingerprint density at radius 3 is 2.96 bits per heavy atom.